The highest BCUT2D eigenvalue weighted by Crippen LogP contribution is 2.23. The van der Waals surface area contributed by atoms with Gasteiger partial charge in [-0.15, -0.1) is 0 Å². The normalized spacial score (nSPS) is 18.9. The Balaban J connectivity index is 1.70. The lowest BCUT2D eigenvalue weighted by molar-refractivity contribution is -0.116. The van der Waals surface area contributed by atoms with E-state index in [1.165, 1.54) is 0 Å². The monoisotopic (exact) mass is 311 g/mol. The smallest absolute Gasteiger partial charge is 0.224 e. The number of aliphatic hydroxyl groups is 1. The Hall–Kier alpha value is -1.30. The van der Waals surface area contributed by atoms with Crippen LogP contribution in [0.3, 0.4) is 0 Å². The van der Waals surface area contributed by atoms with Crippen molar-refractivity contribution in [2.45, 2.75) is 19.3 Å². The molecule has 1 atom stereocenters. The van der Waals surface area contributed by atoms with Gasteiger partial charge in [-0.2, -0.15) is 0 Å². The van der Waals surface area contributed by atoms with Crippen molar-refractivity contribution in [1.29, 1.82) is 0 Å². The number of nitrogens with two attached hydrogens (primary N) is 1. The van der Waals surface area contributed by atoms with E-state index in [2.05, 4.69) is 10.2 Å². The second kappa shape index (κ2) is 7.64. The summed E-state index contributed by atoms with van der Waals surface area (Å²) in [7, 11) is 0. The van der Waals surface area contributed by atoms with Crippen LogP contribution in [0.4, 0.5) is 11.4 Å². The average molecular weight is 312 g/mol. The van der Waals surface area contributed by atoms with E-state index >= 15 is 0 Å². The summed E-state index contributed by atoms with van der Waals surface area (Å²) in [6.45, 7) is 3.09. The minimum Gasteiger partial charge on any atom is -0.397 e. The van der Waals surface area contributed by atoms with E-state index < -0.39 is 0 Å². The Morgan fingerprint density at radius 2 is 2.33 bits per heavy atom. The first-order valence-corrected chi connectivity index (χ1v) is 7.64. The van der Waals surface area contributed by atoms with Crippen molar-refractivity contribution in [3.8, 4) is 0 Å². The second-order valence-electron chi connectivity index (χ2n) is 5.52. The highest BCUT2D eigenvalue weighted by atomic mass is 35.5. The number of hydrogen-bond acceptors (Lipinski definition) is 4. The summed E-state index contributed by atoms with van der Waals surface area (Å²) in [6.07, 6.45) is 2.31. The van der Waals surface area contributed by atoms with E-state index in [1.54, 1.807) is 18.2 Å². The van der Waals surface area contributed by atoms with Crippen LogP contribution in [0.25, 0.3) is 0 Å². The Kier molecular flexibility index (Phi) is 5.85. The highest BCUT2D eigenvalue weighted by Gasteiger charge is 2.21. The highest BCUT2D eigenvalue weighted by molar-refractivity contribution is 6.31. The lowest BCUT2D eigenvalue weighted by Gasteiger charge is -2.15. The van der Waals surface area contributed by atoms with Gasteiger partial charge in [0.2, 0.25) is 5.91 Å². The van der Waals surface area contributed by atoms with Gasteiger partial charge in [-0.3, -0.25) is 4.79 Å². The predicted octanol–water partition coefficient (Wildman–Crippen LogP) is 1.96. The van der Waals surface area contributed by atoms with Gasteiger partial charge in [0.1, 0.15) is 0 Å². The van der Waals surface area contributed by atoms with Crippen molar-refractivity contribution in [2.75, 3.05) is 37.3 Å². The topological polar surface area (TPSA) is 78.6 Å². The molecule has 1 amide bonds. The van der Waals surface area contributed by atoms with E-state index in [0.717, 1.165) is 32.5 Å². The van der Waals surface area contributed by atoms with Crippen LogP contribution in [0.2, 0.25) is 5.02 Å². The molecule has 0 aliphatic carbocycles. The van der Waals surface area contributed by atoms with Gasteiger partial charge < -0.3 is 21.1 Å². The van der Waals surface area contributed by atoms with Crippen LogP contribution >= 0.6 is 11.6 Å². The molecule has 0 saturated carbocycles. The van der Waals surface area contributed by atoms with Crippen LogP contribution in [-0.2, 0) is 4.79 Å². The van der Waals surface area contributed by atoms with Gasteiger partial charge in [0.15, 0.2) is 0 Å². The van der Waals surface area contributed by atoms with Crippen LogP contribution in [0.15, 0.2) is 18.2 Å². The number of amides is 1. The Bertz CT molecular complexity index is 496. The van der Waals surface area contributed by atoms with Crippen molar-refractivity contribution >= 4 is 28.9 Å². The molecule has 5 nitrogen and oxygen atoms in total. The number of carbonyl (C=O) groups is 1. The third-order valence-corrected chi connectivity index (χ3v) is 4.03. The maximum absolute atomic E-state index is 11.9. The predicted molar refractivity (Wildman–Crippen MR) is 85.4 cm³/mol. The molecule has 1 fully saturated rings. The van der Waals surface area contributed by atoms with E-state index in [0.29, 0.717) is 28.7 Å². The molecule has 1 unspecified atom stereocenters. The summed E-state index contributed by atoms with van der Waals surface area (Å²) in [4.78, 5) is 14.2. The van der Waals surface area contributed by atoms with Crippen LogP contribution in [0.5, 0.6) is 0 Å². The van der Waals surface area contributed by atoms with Crippen LogP contribution in [-0.4, -0.2) is 42.2 Å². The molecule has 1 heterocycles. The molecule has 1 aliphatic heterocycles. The summed E-state index contributed by atoms with van der Waals surface area (Å²) in [6, 6.07) is 5.03. The first-order valence-electron chi connectivity index (χ1n) is 7.26. The molecule has 6 heteroatoms. The zero-order chi connectivity index (χ0) is 15.2. The van der Waals surface area contributed by atoms with Crippen molar-refractivity contribution in [2.24, 2.45) is 5.92 Å². The number of nitrogens with one attached hydrogen (secondary N) is 1. The third-order valence-electron chi connectivity index (χ3n) is 3.79. The Morgan fingerprint density at radius 3 is 3.00 bits per heavy atom. The third kappa shape index (κ3) is 4.88. The number of benzene rings is 1. The molecule has 0 aromatic heterocycles. The van der Waals surface area contributed by atoms with Gasteiger partial charge in [0, 0.05) is 24.6 Å². The molecule has 0 radical (unpaired) electrons. The molecule has 0 bridgehead atoms. The number of rotatable bonds is 6. The molecular formula is C15H22ClN3O2. The van der Waals surface area contributed by atoms with Crippen molar-refractivity contribution in [1.82, 2.24) is 4.90 Å². The van der Waals surface area contributed by atoms with Gasteiger partial charge in [-0.05, 0) is 50.0 Å². The molecule has 2 rings (SSSR count). The van der Waals surface area contributed by atoms with E-state index in [9.17, 15) is 4.79 Å². The van der Waals surface area contributed by atoms with Crippen LogP contribution < -0.4 is 11.1 Å². The maximum atomic E-state index is 11.9. The van der Waals surface area contributed by atoms with Gasteiger partial charge >= 0.3 is 0 Å². The Labute approximate surface area is 130 Å². The number of anilines is 2. The molecule has 1 aliphatic rings. The van der Waals surface area contributed by atoms with Crippen molar-refractivity contribution in [3.63, 3.8) is 0 Å². The van der Waals surface area contributed by atoms with Crippen LogP contribution in [0, 0.1) is 5.92 Å². The molecular weight excluding hydrogens is 290 g/mol. The zero-order valence-corrected chi connectivity index (χ0v) is 12.8. The van der Waals surface area contributed by atoms with Crippen molar-refractivity contribution in [3.05, 3.63) is 23.2 Å². The van der Waals surface area contributed by atoms with Crippen LogP contribution in [0.1, 0.15) is 19.3 Å². The fraction of sp³-hybridized carbons (Fsp3) is 0.533. The van der Waals surface area contributed by atoms with E-state index in [4.69, 9.17) is 22.4 Å². The molecule has 1 saturated heterocycles. The molecule has 116 valence electrons. The number of nitrogen functional groups attached to an aromatic ring is 1. The molecule has 0 spiro atoms. The minimum absolute atomic E-state index is 0.0399. The Morgan fingerprint density at radius 1 is 1.52 bits per heavy atom. The second-order valence-corrected chi connectivity index (χ2v) is 5.96. The number of nitrogens with zero attached hydrogens (tertiary/aromatic N) is 1. The van der Waals surface area contributed by atoms with Crippen molar-refractivity contribution < 1.29 is 9.90 Å². The van der Waals surface area contributed by atoms with E-state index in [1.807, 2.05) is 0 Å². The number of likely N-dealkylation sites (tertiary alicyclic amines) is 1. The molecule has 1 aromatic rings. The van der Waals surface area contributed by atoms with Gasteiger partial charge in [-0.25, -0.2) is 0 Å². The first-order chi connectivity index (χ1) is 10.1. The quantitative estimate of drug-likeness (QED) is 0.702. The summed E-state index contributed by atoms with van der Waals surface area (Å²) in [5.74, 6) is 0.356. The molecule has 4 N–H and O–H groups in total. The fourth-order valence-corrected chi connectivity index (χ4v) is 2.77. The minimum atomic E-state index is -0.0399. The van der Waals surface area contributed by atoms with Gasteiger partial charge in [0.25, 0.3) is 0 Å². The number of carbonyl (C=O) groups excluding carboxylic acids is 1. The van der Waals surface area contributed by atoms with Gasteiger partial charge in [-0.1, -0.05) is 11.6 Å². The maximum Gasteiger partial charge on any atom is 0.224 e. The lowest BCUT2D eigenvalue weighted by Crippen LogP contribution is -2.24. The summed E-state index contributed by atoms with van der Waals surface area (Å²) < 4.78 is 0. The molecule has 21 heavy (non-hydrogen) atoms. The first kappa shape index (κ1) is 16.1. The summed E-state index contributed by atoms with van der Waals surface area (Å²) in [5.41, 5.74) is 6.87. The SMILES string of the molecule is Nc1cc(Cl)ccc1NC(=O)CCCN1CCC(CO)C1. The largest absolute Gasteiger partial charge is 0.397 e. The van der Waals surface area contributed by atoms with Gasteiger partial charge in [0.05, 0.1) is 11.4 Å². The summed E-state index contributed by atoms with van der Waals surface area (Å²) >= 11 is 5.82. The zero-order valence-electron chi connectivity index (χ0n) is 12.0. The number of hydrogen-bond donors (Lipinski definition) is 3. The van der Waals surface area contributed by atoms with E-state index in [-0.39, 0.29) is 12.5 Å². The standard InChI is InChI=1S/C15H22ClN3O2/c16-12-3-4-14(13(17)8-12)18-15(21)2-1-6-19-7-5-11(9-19)10-20/h3-4,8,11,20H,1-2,5-7,9-10,17H2,(H,18,21). The number of aliphatic hydroxyl groups excluding tert-OH is 1. The summed E-state index contributed by atoms with van der Waals surface area (Å²) in [5, 5.41) is 12.5. The fourth-order valence-electron chi connectivity index (χ4n) is 2.59. The average Bonchev–Trinajstić information content (AvgIpc) is 2.90. The molecule has 1 aromatic carbocycles. The number of halogens is 1. The lowest BCUT2D eigenvalue weighted by atomic mass is 10.1.